The molecule has 1 amide bonds. The number of carbonyl (C=O) groups is 1. The van der Waals surface area contributed by atoms with Gasteiger partial charge in [-0.3, -0.25) is 9.78 Å². The Kier molecular flexibility index (Phi) is 4.07. The van der Waals surface area contributed by atoms with Gasteiger partial charge in [-0.15, -0.1) is 11.3 Å². The van der Waals surface area contributed by atoms with E-state index in [9.17, 15) is 4.79 Å². The largest absolute Gasteiger partial charge is 0.397 e. The molecule has 0 unspecified atom stereocenters. The number of nitrogen functional groups attached to an aromatic ring is 1. The molecule has 1 aliphatic rings. The van der Waals surface area contributed by atoms with Gasteiger partial charge in [-0.1, -0.05) is 0 Å². The number of ether oxygens (including phenoxy) is 1. The van der Waals surface area contributed by atoms with E-state index in [-0.39, 0.29) is 12.0 Å². The van der Waals surface area contributed by atoms with Crippen LogP contribution in [0.2, 0.25) is 0 Å². The molecule has 3 rings (SSSR count). The number of aromatic nitrogens is 1. The number of fused-ring (bicyclic) bond motifs is 1. The summed E-state index contributed by atoms with van der Waals surface area (Å²) in [5, 5.41) is 0.919. The molecule has 6 heteroatoms. The van der Waals surface area contributed by atoms with Crippen LogP contribution >= 0.6 is 11.3 Å². The van der Waals surface area contributed by atoms with Crippen molar-refractivity contribution < 1.29 is 9.53 Å². The Labute approximate surface area is 127 Å². The van der Waals surface area contributed by atoms with E-state index in [0.29, 0.717) is 10.6 Å². The monoisotopic (exact) mass is 305 g/mol. The van der Waals surface area contributed by atoms with Crippen molar-refractivity contribution in [1.82, 2.24) is 9.88 Å². The number of thiophene rings is 1. The normalized spacial score (nSPS) is 16.5. The summed E-state index contributed by atoms with van der Waals surface area (Å²) in [4.78, 5) is 19.2. The number of hydrogen-bond acceptors (Lipinski definition) is 5. The SMILES string of the molecule is CCOC1CCN(C(=O)c2sc3cnccc3c2N)CC1. The van der Waals surface area contributed by atoms with E-state index >= 15 is 0 Å². The van der Waals surface area contributed by atoms with Gasteiger partial charge < -0.3 is 15.4 Å². The van der Waals surface area contributed by atoms with Crippen LogP contribution in [-0.4, -0.2) is 41.6 Å². The number of nitrogens with two attached hydrogens (primary N) is 1. The highest BCUT2D eigenvalue weighted by Crippen LogP contribution is 2.34. The van der Waals surface area contributed by atoms with Gasteiger partial charge in [0.1, 0.15) is 4.88 Å². The number of carbonyl (C=O) groups excluding carboxylic acids is 1. The molecular formula is C15H19N3O2S. The number of hydrogen-bond donors (Lipinski definition) is 1. The molecule has 2 aromatic heterocycles. The lowest BCUT2D eigenvalue weighted by molar-refractivity contribution is 0.0148. The van der Waals surface area contributed by atoms with E-state index in [0.717, 1.165) is 42.6 Å². The second kappa shape index (κ2) is 5.99. The van der Waals surface area contributed by atoms with E-state index < -0.39 is 0 Å². The summed E-state index contributed by atoms with van der Waals surface area (Å²) in [5.41, 5.74) is 6.71. The highest BCUT2D eigenvalue weighted by molar-refractivity contribution is 7.21. The van der Waals surface area contributed by atoms with Gasteiger partial charge in [0.25, 0.3) is 5.91 Å². The second-order valence-electron chi connectivity index (χ2n) is 5.16. The van der Waals surface area contributed by atoms with E-state index in [1.807, 2.05) is 17.9 Å². The molecule has 0 radical (unpaired) electrons. The predicted molar refractivity (Wildman–Crippen MR) is 84.6 cm³/mol. The van der Waals surface area contributed by atoms with Gasteiger partial charge in [0.2, 0.25) is 0 Å². The number of likely N-dealkylation sites (tertiary alicyclic amines) is 1. The molecule has 112 valence electrons. The van der Waals surface area contributed by atoms with E-state index in [1.165, 1.54) is 11.3 Å². The van der Waals surface area contributed by atoms with Crippen molar-refractivity contribution in [1.29, 1.82) is 0 Å². The van der Waals surface area contributed by atoms with Crippen molar-refractivity contribution in [3.8, 4) is 0 Å². The van der Waals surface area contributed by atoms with Crippen LogP contribution in [0, 0.1) is 0 Å². The minimum Gasteiger partial charge on any atom is -0.397 e. The molecule has 2 aromatic rings. The lowest BCUT2D eigenvalue weighted by Gasteiger charge is -2.31. The van der Waals surface area contributed by atoms with Crippen molar-refractivity contribution in [3.05, 3.63) is 23.3 Å². The Morgan fingerprint density at radius 1 is 1.52 bits per heavy atom. The van der Waals surface area contributed by atoms with Crippen LogP contribution in [0.1, 0.15) is 29.4 Å². The average Bonchev–Trinajstić information content (AvgIpc) is 2.85. The number of nitrogens with zero attached hydrogens (tertiary/aromatic N) is 2. The Morgan fingerprint density at radius 3 is 2.95 bits per heavy atom. The molecule has 3 heterocycles. The Hall–Kier alpha value is -1.66. The van der Waals surface area contributed by atoms with Crippen molar-refractivity contribution in [2.45, 2.75) is 25.9 Å². The van der Waals surface area contributed by atoms with E-state index in [2.05, 4.69) is 4.98 Å². The fraction of sp³-hybridized carbons (Fsp3) is 0.467. The van der Waals surface area contributed by atoms with Gasteiger partial charge in [-0.2, -0.15) is 0 Å². The van der Waals surface area contributed by atoms with Gasteiger partial charge in [0, 0.05) is 37.5 Å². The van der Waals surface area contributed by atoms with Gasteiger partial charge >= 0.3 is 0 Å². The number of amides is 1. The maximum Gasteiger partial charge on any atom is 0.266 e. The smallest absolute Gasteiger partial charge is 0.266 e. The zero-order valence-corrected chi connectivity index (χ0v) is 12.9. The maximum atomic E-state index is 12.6. The van der Waals surface area contributed by atoms with Crippen molar-refractivity contribution >= 4 is 33.0 Å². The van der Waals surface area contributed by atoms with Crippen LogP contribution in [0.15, 0.2) is 18.5 Å². The van der Waals surface area contributed by atoms with E-state index in [4.69, 9.17) is 10.5 Å². The van der Waals surface area contributed by atoms with Crippen LogP contribution in [0.4, 0.5) is 5.69 Å². The van der Waals surface area contributed by atoms with Gasteiger partial charge in [-0.25, -0.2) is 0 Å². The Balaban J connectivity index is 1.77. The highest BCUT2D eigenvalue weighted by atomic mass is 32.1. The minimum atomic E-state index is 0.0312. The zero-order valence-electron chi connectivity index (χ0n) is 12.0. The summed E-state index contributed by atoms with van der Waals surface area (Å²) in [6.45, 7) is 4.20. The molecule has 0 saturated carbocycles. The second-order valence-corrected chi connectivity index (χ2v) is 6.22. The lowest BCUT2D eigenvalue weighted by Crippen LogP contribution is -2.40. The molecule has 1 aliphatic heterocycles. The van der Waals surface area contributed by atoms with Crippen LogP contribution in [0.5, 0.6) is 0 Å². The molecule has 0 aliphatic carbocycles. The van der Waals surface area contributed by atoms with Gasteiger partial charge in [0.05, 0.1) is 16.5 Å². The average molecular weight is 305 g/mol. The molecule has 0 atom stereocenters. The number of anilines is 1. The molecular weight excluding hydrogens is 286 g/mol. The first-order valence-corrected chi connectivity index (χ1v) is 8.05. The van der Waals surface area contributed by atoms with Crippen LogP contribution in [0.3, 0.4) is 0 Å². The fourth-order valence-corrected chi connectivity index (χ4v) is 3.79. The first-order valence-electron chi connectivity index (χ1n) is 7.23. The summed E-state index contributed by atoms with van der Waals surface area (Å²) < 4.78 is 6.58. The maximum absolute atomic E-state index is 12.6. The quantitative estimate of drug-likeness (QED) is 0.946. The molecule has 1 saturated heterocycles. The van der Waals surface area contributed by atoms with Gasteiger partial charge in [0.15, 0.2) is 0 Å². The third kappa shape index (κ3) is 2.73. The summed E-state index contributed by atoms with van der Waals surface area (Å²) >= 11 is 1.43. The topological polar surface area (TPSA) is 68.5 Å². The summed E-state index contributed by atoms with van der Waals surface area (Å²) in [6, 6.07) is 1.86. The summed E-state index contributed by atoms with van der Waals surface area (Å²) in [5.74, 6) is 0.0312. The van der Waals surface area contributed by atoms with Crippen LogP contribution in [0.25, 0.3) is 10.1 Å². The van der Waals surface area contributed by atoms with Crippen molar-refractivity contribution in [2.75, 3.05) is 25.4 Å². The standard InChI is InChI=1S/C15H19N3O2S/c1-2-20-10-4-7-18(8-5-10)15(19)14-13(16)11-3-6-17-9-12(11)21-14/h3,6,9-10H,2,4-5,7-8,16H2,1H3. The molecule has 5 nitrogen and oxygen atoms in total. The molecule has 0 bridgehead atoms. The molecule has 0 aromatic carbocycles. The zero-order chi connectivity index (χ0) is 14.8. The van der Waals surface area contributed by atoms with Crippen molar-refractivity contribution in [2.24, 2.45) is 0 Å². The third-order valence-electron chi connectivity index (χ3n) is 3.86. The fourth-order valence-electron chi connectivity index (χ4n) is 2.73. The van der Waals surface area contributed by atoms with Crippen LogP contribution in [-0.2, 0) is 4.74 Å². The molecule has 21 heavy (non-hydrogen) atoms. The van der Waals surface area contributed by atoms with Crippen molar-refractivity contribution in [3.63, 3.8) is 0 Å². The molecule has 2 N–H and O–H groups in total. The number of piperidine rings is 1. The Morgan fingerprint density at radius 2 is 2.29 bits per heavy atom. The lowest BCUT2D eigenvalue weighted by atomic mass is 10.1. The van der Waals surface area contributed by atoms with Gasteiger partial charge in [-0.05, 0) is 25.8 Å². The summed E-state index contributed by atoms with van der Waals surface area (Å²) in [7, 11) is 0. The third-order valence-corrected chi connectivity index (χ3v) is 5.00. The first kappa shape index (κ1) is 14.3. The summed E-state index contributed by atoms with van der Waals surface area (Å²) in [6.07, 6.45) is 5.53. The number of rotatable bonds is 3. The minimum absolute atomic E-state index is 0.0312. The predicted octanol–water partition coefficient (Wildman–Crippen LogP) is 2.52. The first-order chi connectivity index (χ1) is 10.2. The molecule has 1 fully saturated rings. The Bertz CT molecular complexity index is 647. The number of pyridine rings is 1. The molecule has 0 spiro atoms. The van der Waals surface area contributed by atoms with Crippen LogP contribution < -0.4 is 5.73 Å². The van der Waals surface area contributed by atoms with E-state index in [1.54, 1.807) is 12.4 Å². The highest BCUT2D eigenvalue weighted by Gasteiger charge is 2.26.